The summed E-state index contributed by atoms with van der Waals surface area (Å²) in [5.41, 5.74) is 0. The van der Waals surface area contributed by atoms with Crippen molar-refractivity contribution in [1.29, 1.82) is 0 Å². The SMILES string of the molecule is CCC.CCNC(CC)COC. The molecule has 0 saturated heterocycles. The van der Waals surface area contributed by atoms with Crippen molar-refractivity contribution in [3.05, 3.63) is 0 Å². The Labute approximate surface area is 77.7 Å². The lowest BCUT2D eigenvalue weighted by Gasteiger charge is -2.13. The first-order valence-electron chi connectivity index (χ1n) is 4.98. The molecule has 0 saturated carbocycles. The third-order valence-corrected chi connectivity index (χ3v) is 1.35. The van der Waals surface area contributed by atoms with Crippen molar-refractivity contribution in [1.82, 2.24) is 5.32 Å². The molecule has 0 spiro atoms. The molecule has 1 unspecified atom stereocenters. The van der Waals surface area contributed by atoms with Gasteiger partial charge < -0.3 is 10.1 Å². The number of likely N-dealkylation sites (N-methyl/N-ethyl adjacent to an activating group) is 1. The van der Waals surface area contributed by atoms with Gasteiger partial charge in [-0.2, -0.15) is 0 Å². The Hall–Kier alpha value is -0.0800. The Morgan fingerprint density at radius 1 is 1.17 bits per heavy atom. The van der Waals surface area contributed by atoms with Crippen LogP contribution in [0.4, 0.5) is 0 Å². The van der Waals surface area contributed by atoms with Crippen LogP contribution in [0.15, 0.2) is 0 Å². The van der Waals surface area contributed by atoms with Crippen LogP contribution < -0.4 is 5.32 Å². The molecule has 12 heavy (non-hydrogen) atoms. The molecule has 0 aromatic rings. The standard InChI is InChI=1S/C7H17NO.C3H8/c1-4-7(6-9-3)8-5-2;1-3-2/h7-8H,4-6H2,1-3H3;3H2,1-2H3. The average molecular weight is 175 g/mol. The van der Waals surface area contributed by atoms with Crippen LogP contribution in [0.3, 0.4) is 0 Å². The zero-order chi connectivity index (χ0) is 9.82. The predicted octanol–water partition coefficient (Wildman–Crippen LogP) is 2.44. The van der Waals surface area contributed by atoms with Crippen molar-refractivity contribution >= 4 is 0 Å². The van der Waals surface area contributed by atoms with Gasteiger partial charge in [-0.3, -0.25) is 0 Å². The quantitative estimate of drug-likeness (QED) is 0.693. The Bertz CT molecular complexity index is 60.9. The van der Waals surface area contributed by atoms with Crippen LogP contribution in [0, 0.1) is 0 Å². The molecule has 0 heterocycles. The molecule has 0 aromatic carbocycles. The van der Waals surface area contributed by atoms with Gasteiger partial charge >= 0.3 is 0 Å². The maximum atomic E-state index is 4.98. The number of ether oxygens (including phenoxy) is 1. The van der Waals surface area contributed by atoms with E-state index in [4.69, 9.17) is 4.74 Å². The summed E-state index contributed by atoms with van der Waals surface area (Å²) in [6, 6.07) is 0.542. The molecule has 1 atom stereocenters. The van der Waals surface area contributed by atoms with Gasteiger partial charge in [-0.1, -0.05) is 34.1 Å². The fourth-order valence-electron chi connectivity index (χ4n) is 0.811. The third-order valence-electron chi connectivity index (χ3n) is 1.35. The van der Waals surface area contributed by atoms with Gasteiger partial charge in [-0.15, -0.1) is 0 Å². The Morgan fingerprint density at radius 3 is 1.92 bits per heavy atom. The normalized spacial score (nSPS) is 11.8. The number of methoxy groups -OCH3 is 1. The summed E-state index contributed by atoms with van der Waals surface area (Å²) in [6.07, 6.45) is 2.39. The van der Waals surface area contributed by atoms with Crippen LogP contribution in [0.25, 0.3) is 0 Å². The largest absolute Gasteiger partial charge is 0.383 e. The van der Waals surface area contributed by atoms with Crippen LogP contribution in [-0.4, -0.2) is 26.3 Å². The molecular formula is C10H25NO. The van der Waals surface area contributed by atoms with Gasteiger partial charge in [0.25, 0.3) is 0 Å². The highest BCUT2D eigenvalue weighted by Gasteiger charge is 2.00. The maximum absolute atomic E-state index is 4.98. The lowest BCUT2D eigenvalue weighted by atomic mass is 10.2. The highest BCUT2D eigenvalue weighted by atomic mass is 16.5. The van der Waals surface area contributed by atoms with Crippen molar-refractivity contribution < 1.29 is 4.74 Å². The molecule has 0 fully saturated rings. The highest BCUT2D eigenvalue weighted by molar-refractivity contribution is 4.60. The van der Waals surface area contributed by atoms with Crippen molar-refractivity contribution in [2.24, 2.45) is 0 Å². The van der Waals surface area contributed by atoms with E-state index in [9.17, 15) is 0 Å². The van der Waals surface area contributed by atoms with Crippen LogP contribution >= 0.6 is 0 Å². The summed E-state index contributed by atoms with van der Waals surface area (Å²) in [5.74, 6) is 0. The molecule has 2 heteroatoms. The van der Waals surface area contributed by atoms with E-state index in [0.29, 0.717) is 6.04 Å². The lowest BCUT2D eigenvalue weighted by molar-refractivity contribution is 0.165. The zero-order valence-corrected chi connectivity index (χ0v) is 9.31. The van der Waals surface area contributed by atoms with E-state index in [-0.39, 0.29) is 0 Å². The topological polar surface area (TPSA) is 21.3 Å². The predicted molar refractivity (Wildman–Crippen MR) is 55.6 cm³/mol. The fourth-order valence-corrected chi connectivity index (χ4v) is 0.811. The molecule has 0 aliphatic rings. The first-order chi connectivity index (χ1) is 5.76. The fraction of sp³-hybridized carbons (Fsp3) is 1.00. The summed E-state index contributed by atoms with van der Waals surface area (Å²) in [5, 5.41) is 3.31. The van der Waals surface area contributed by atoms with Crippen molar-refractivity contribution in [2.45, 2.75) is 46.6 Å². The highest BCUT2D eigenvalue weighted by Crippen LogP contribution is 1.89. The van der Waals surface area contributed by atoms with Crippen LogP contribution in [0.5, 0.6) is 0 Å². The molecular weight excluding hydrogens is 150 g/mol. The van der Waals surface area contributed by atoms with Crippen molar-refractivity contribution in [2.75, 3.05) is 20.3 Å². The molecule has 76 valence electrons. The molecule has 0 rings (SSSR count). The second kappa shape index (κ2) is 13.5. The lowest BCUT2D eigenvalue weighted by Crippen LogP contribution is -2.32. The van der Waals surface area contributed by atoms with Gasteiger partial charge in [0.15, 0.2) is 0 Å². The van der Waals surface area contributed by atoms with E-state index < -0.39 is 0 Å². The summed E-state index contributed by atoms with van der Waals surface area (Å²) < 4.78 is 4.98. The molecule has 0 amide bonds. The maximum Gasteiger partial charge on any atom is 0.0615 e. The number of hydrogen-bond donors (Lipinski definition) is 1. The Balaban J connectivity index is 0. The van der Waals surface area contributed by atoms with E-state index in [1.54, 1.807) is 7.11 Å². The minimum Gasteiger partial charge on any atom is -0.383 e. The van der Waals surface area contributed by atoms with Gasteiger partial charge in [0.05, 0.1) is 6.61 Å². The molecule has 0 radical (unpaired) electrons. The van der Waals surface area contributed by atoms with Crippen LogP contribution in [0.1, 0.15) is 40.5 Å². The van der Waals surface area contributed by atoms with Crippen LogP contribution in [0.2, 0.25) is 0 Å². The summed E-state index contributed by atoms with van der Waals surface area (Å²) in [7, 11) is 1.74. The number of hydrogen-bond acceptors (Lipinski definition) is 2. The van der Waals surface area contributed by atoms with E-state index in [1.165, 1.54) is 6.42 Å². The summed E-state index contributed by atoms with van der Waals surface area (Å²) in [6.45, 7) is 10.4. The zero-order valence-electron chi connectivity index (χ0n) is 9.31. The Morgan fingerprint density at radius 2 is 1.67 bits per heavy atom. The van der Waals surface area contributed by atoms with Gasteiger partial charge in [0.2, 0.25) is 0 Å². The van der Waals surface area contributed by atoms with Gasteiger partial charge in [0.1, 0.15) is 0 Å². The molecule has 2 nitrogen and oxygen atoms in total. The van der Waals surface area contributed by atoms with Gasteiger partial charge in [-0.05, 0) is 13.0 Å². The molecule has 0 aliphatic carbocycles. The average Bonchev–Trinajstić information content (AvgIpc) is 2.05. The summed E-state index contributed by atoms with van der Waals surface area (Å²) in [4.78, 5) is 0. The van der Waals surface area contributed by atoms with Crippen LogP contribution in [-0.2, 0) is 4.74 Å². The summed E-state index contributed by atoms with van der Waals surface area (Å²) >= 11 is 0. The minimum absolute atomic E-state index is 0.542. The first-order valence-corrected chi connectivity index (χ1v) is 4.98. The van der Waals surface area contributed by atoms with E-state index in [2.05, 4.69) is 33.0 Å². The van der Waals surface area contributed by atoms with Gasteiger partial charge in [-0.25, -0.2) is 0 Å². The molecule has 0 aromatic heterocycles. The third kappa shape index (κ3) is 12.6. The second-order valence-corrected chi connectivity index (χ2v) is 2.83. The van der Waals surface area contributed by atoms with E-state index in [1.807, 2.05) is 0 Å². The molecule has 1 N–H and O–H groups in total. The number of rotatable bonds is 5. The minimum atomic E-state index is 0.542. The smallest absolute Gasteiger partial charge is 0.0615 e. The van der Waals surface area contributed by atoms with E-state index >= 15 is 0 Å². The molecule has 0 bridgehead atoms. The van der Waals surface area contributed by atoms with Gasteiger partial charge in [0, 0.05) is 13.2 Å². The molecule has 0 aliphatic heterocycles. The first kappa shape index (κ1) is 14.4. The van der Waals surface area contributed by atoms with Crippen molar-refractivity contribution in [3.63, 3.8) is 0 Å². The monoisotopic (exact) mass is 175 g/mol. The van der Waals surface area contributed by atoms with Crippen molar-refractivity contribution in [3.8, 4) is 0 Å². The second-order valence-electron chi connectivity index (χ2n) is 2.83. The number of nitrogens with one attached hydrogen (secondary N) is 1. The Kier molecular flexibility index (Phi) is 16.3. The van der Waals surface area contributed by atoms with E-state index in [0.717, 1.165) is 19.6 Å².